The van der Waals surface area contributed by atoms with Gasteiger partial charge in [-0.15, -0.1) is 0 Å². The predicted octanol–water partition coefficient (Wildman–Crippen LogP) is -0.117. The molecule has 6 heteroatoms. The minimum Gasteiger partial charge on any atom is -0.548 e. The van der Waals surface area contributed by atoms with Crippen LogP contribution >= 0.6 is 0 Å². The van der Waals surface area contributed by atoms with Crippen molar-refractivity contribution >= 4 is 16.0 Å². The molecule has 0 amide bonds. The highest BCUT2D eigenvalue weighted by Crippen LogP contribution is 2.09. The second-order valence-electron chi connectivity index (χ2n) is 3.59. The van der Waals surface area contributed by atoms with Crippen LogP contribution < -0.4 is 9.83 Å². The standard InChI is InChI=1S/C11H15NO4S/c1-2-6-10(11(13)14)12-17(15,16)9-7-4-3-5-8-9/h3-5,7-8,10,12H,2,6H2,1H3,(H,13,14)/p-1. The van der Waals surface area contributed by atoms with Crippen molar-refractivity contribution in [1.29, 1.82) is 0 Å². The van der Waals surface area contributed by atoms with Gasteiger partial charge in [0.2, 0.25) is 10.0 Å². The maximum absolute atomic E-state index is 11.8. The van der Waals surface area contributed by atoms with Gasteiger partial charge in [-0.25, -0.2) is 13.1 Å². The lowest BCUT2D eigenvalue weighted by Gasteiger charge is -2.18. The molecule has 1 atom stereocenters. The van der Waals surface area contributed by atoms with Gasteiger partial charge in [-0.2, -0.15) is 0 Å². The Bertz CT molecular complexity index is 470. The summed E-state index contributed by atoms with van der Waals surface area (Å²) in [7, 11) is -3.80. The van der Waals surface area contributed by atoms with Crippen LogP contribution in [0.15, 0.2) is 35.2 Å². The highest BCUT2D eigenvalue weighted by atomic mass is 32.2. The molecule has 0 saturated carbocycles. The van der Waals surface area contributed by atoms with Crippen molar-refractivity contribution in [1.82, 2.24) is 4.72 Å². The molecule has 5 nitrogen and oxygen atoms in total. The molecule has 1 N–H and O–H groups in total. The van der Waals surface area contributed by atoms with E-state index in [1.54, 1.807) is 25.1 Å². The van der Waals surface area contributed by atoms with E-state index in [0.717, 1.165) is 0 Å². The van der Waals surface area contributed by atoms with Crippen molar-refractivity contribution in [3.63, 3.8) is 0 Å². The molecule has 0 fully saturated rings. The Labute approximate surface area is 101 Å². The third kappa shape index (κ3) is 3.83. The van der Waals surface area contributed by atoms with Gasteiger partial charge in [0, 0.05) is 0 Å². The van der Waals surface area contributed by atoms with E-state index in [0.29, 0.717) is 6.42 Å². The first-order valence-corrected chi connectivity index (χ1v) is 6.74. The number of nitrogens with one attached hydrogen (secondary N) is 1. The van der Waals surface area contributed by atoms with Gasteiger partial charge in [0.15, 0.2) is 0 Å². The second-order valence-corrected chi connectivity index (χ2v) is 5.31. The Hall–Kier alpha value is -1.40. The van der Waals surface area contributed by atoms with Crippen LogP contribution in [0.3, 0.4) is 0 Å². The lowest BCUT2D eigenvalue weighted by Crippen LogP contribution is -2.47. The fraction of sp³-hybridized carbons (Fsp3) is 0.364. The molecule has 0 heterocycles. The first kappa shape index (κ1) is 13.7. The third-order valence-corrected chi connectivity index (χ3v) is 3.70. The van der Waals surface area contributed by atoms with E-state index in [-0.39, 0.29) is 11.3 Å². The van der Waals surface area contributed by atoms with E-state index < -0.39 is 22.0 Å². The molecule has 0 aliphatic rings. The molecule has 1 rings (SSSR count). The molecule has 0 spiro atoms. The first-order chi connectivity index (χ1) is 7.97. The number of carbonyl (C=O) groups is 1. The largest absolute Gasteiger partial charge is 0.548 e. The van der Waals surface area contributed by atoms with Crippen molar-refractivity contribution < 1.29 is 18.3 Å². The van der Waals surface area contributed by atoms with Crippen LogP contribution in [-0.2, 0) is 14.8 Å². The summed E-state index contributed by atoms with van der Waals surface area (Å²) in [5.41, 5.74) is 0. The zero-order valence-electron chi connectivity index (χ0n) is 9.42. The molecule has 0 radical (unpaired) electrons. The van der Waals surface area contributed by atoms with Crippen LogP contribution in [0.4, 0.5) is 0 Å². The van der Waals surface area contributed by atoms with Gasteiger partial charge in [-0.3, -0.25) is 0 Å². The summed E-state index contributed by atoms with van der Waals surface area (Å²) in [6.07, 6.45) is 0.754. The second kappa shape index (κ2) is 5.79. The van der Waals surface area contributed by atoms with Gasteiger partial charge in [-0.05, 0) is 18.6 Å². The summed E-state index contributed by atoms with van der Waals surface area (Å²) < 4.78 is 25.8. The van der Waals surface area contributed by atoms with Crippen molar-refractivity contribution in [2.45, 2.75) is 30.7 Å². The number of rotatable bonds is 6. The molecule has 1 aromatic carbocycles. The molecule has 0 aromatic heterocycles. The van der Waals surface area contributed by atoms with E-state index in [4.69, 9.17) is 0 Å². The van der Waals surface area contributed by atoms with Crippen LogP contribution in [0.5, 0.6) is 0 Å². The SMILES string of the molecule is CCCC(NS(=O)(=O)c1ccccc1)C(=O)[O-]. The smallest absolute Gasteiger partial charge is 0.241 e. The number of carboxylic acid groups (broad SMARTS) is 1. The normalized spacial score (nSPS) is 13.2. The summed E-state index contributed by atoms with van der Waals surface area (Å²) >= 11 is 0. The van der Waals surface area contributed by atoms with Gasteiger partial charge in [0.05, 0.1) is 16.9 Å². The predicted molar refractivity (Wildman–Crippen MR) is 60.5 cm³/mol. The Morgan fingerprint density at radius 1 is 1.35 bits per heavy atom. The third-order valence-electron chi connectivity index (χ3n) is 2.21. The highest BCUT2D eigenvalue weighted by molar-refractivity contribution is 7.89. The van der Waals surface area contributed by atoms with E-state index in [1.165, 1.54) is 12.1 Å². The van der Waals surface area contributed by atoms with Gasteiger partial charge in [0.25, 0.3) is 0 Å². The number of carboxylic acids is 1. The quantitative estimate of drug-likeness (QED) is 0.769. The minimum absolute atomic E-state index is 0.0438. The minimum atomic E-state index is -3.80. The molecule has 0 saturated heterocycles. The lowest BCUT2D eigenvalue weighted by molar-refractivity contribution is -0.308. The zero-order chi connectivity index (χ0) is 12.9. The maximum atomic E-state index is 11.8. The monoisotopic (exact) mass is 256 g/mol. The van der Waals surface area contributed by atoms with E-state index in [2.05, 4.69) is 4.72 Å². The van der Waals surface area contributed by atoms with Crippen LogP contribution in [0, 0.1) is 0 Å². The maximum Gasteiger partial charge on any atom is 0.241 e. The summed E-state index contributed by atoms with van der Waals surface area (Å²) in [6.45, 7) is 1.77. The number of aliphatic carboxylic acids is 1. The van der Waals surface area contributed by atoms with Crippen LogP contribution in [0.1, 0.15) is 19.8 Å². The summed E-state index contributed by atoms with van der Waals surface area (Å²) in [5, 5.41) is 10.8. The van der Waals surface area contributed by atoms with E-state index >= 15 is 0 Å². The zero-order valence-corrected chi connectivity index (χ0v) is 10.2. The average Bonchev–Trinajstić information content (AvgIpc) is 2.29. The van der Waals surface area contributed by atoms with Crippen LogP contribution in [0.2, 0.25) is 0 Å². The van der Waals surface area contributed by atoms with Gasteiger partial charge in [-0.1, -0.05) is 31.5 Å². The van der Waals surface area contributed by atoms with Crippen LogP contribution in [-0.4, -0.2) is 20.4 Å². The topological polar surface area (TPSA) is 86.3 Å². The van der Waals surface area contributed by atoms with E-state index in [9.17, 15) is 18.3 Å². The highest BCUT2D eigenvalue weighted by Gasteiger charge is 2.19. The molecular weight excluding hydrogens is 242 g/mol. The van der Waals surface area contributed by atoms with Gasteiger partial charge < -0.3 is 9.90 Å². The van der Waals surface area contributed by atoms with Crippen molar-refractivity contribution in [3.05, 3.63) is 30.3 Å². The van der Waals surface area contributed by atoms with Gasteiger partial charge in [0.1, 0.15) is 0 Å². The number of hydrogen-bond acceptors (Lipinski definition) is 4. The first-order valence-electron chi connectivity index (χ1n) is 5.25. The number of hydrogen-bond donors (Lipinski definition) is 1. The molecule has 94 valence electrons. The molecule has 1 unspecified atom stereocenters. The Balaban J connectivity index is 2.89. The van der Waals surface area contributed by atoms with E-state index in [1.807, 2.05) is 0 Å². The Kier molecular flexibility index (Phi) is 4.65. The van der Waals surface area contributed by atoms with Crippen molar-refractivity contribution in [3.8, 4) is 0 Å². The number of benzene rings is 1. The average molecular weight is 256 g/mol. The summed E-state index contributed by atoms with van der Waals surface area (Å²) in [5.74, 6) is -1.41. The Morgan fingerprint density at radius 3 is 2.41 bits per heavy atom. The molecule has 0 bridgehead atoms. The fourth-order valence-electron chi connectivity index (χ4n) is 1.37. The lowest BCUT2D eigenvalue weighted by atomic mass is 10.2. The van der Waals surface area contributed by atoms with Crippen LogP contribution in [0.25, 0.3) is 0 Å². The molecule has 17 heavy (non-hydrogen) atoms. The van der Waals surface area contributed by atoms with Crippen molar-refractivity contribution in [2.75, 3.05) is 0 Å². The molecule has 0 aliphatic heterocycles. The fourth-order valence-corrected chi connectivity index (χ4v) is 2.61. The molecule has 1 aromatic rings. The molecular formula is C11H14NO4S-. The number of sulfonamides is 1. The van der Waals surface area contributed by atoms with Gasteiger partial charge >= 0.3 is 0 Å². The summed E-state index contributed by atoms with van der Waals surface area (Å²) in [6, 6.07) is 6.44. The summed E-state index contributed by atoms with van der Waals surface area (Å²) in [4.78, 5) is 10.8. The molecule has 0 aliphatic carbocycles. The van der Waals surface area contributed by atoms with Crippen molar-refractivity contribution in [2.24, 2.45) is 0 Å². The number of carbonyl (C=O) groups excluding carboxylic acids is 1. The Morgan fingerprint density at radius 2 is 1.94 bits per heavy atom.